The Kier molecular flexibility index (Phi) is 4.14. The zero-order valence-corrected chi connectivity index (χ0v) is 13.8. The molecule has 0 spiro atoms. The Morgan fingerprint density at radius 2 is 2.00 bits per heavy atom. The minimum Gasteiger partial charge on any atom is -0.296 e. The monoisotopic (exact) mass is 314 g/mol. The molecular formula is C17H19ClN4. The second-order valence-electron chi connectivity index (χ2n) is 5.71. The number of benzene rings is 1. The Bertz CT molecular complexity index is 810. The predicted molar refractivity (Wildman–Crippen MR) is 89.9 cm³/mol. The van der Waals surface area contributed by atoms with E-state index in [2.05, 4.69) is 30.0 Å². The molecule has 0 unspecified atom stereocenters. The maximum atomic E-state index is 6.52. The van der Waals surface area contributed by atoms with Crippen molar-refractivity contribution in [2.45, 2.75) is 20.0 Å². The van der Waals surface area contributed by atoms with Gasteiger partial charge in [0.25, 0.3) is 0 Å². The van der Waals surface area contributed by atoms with Crippen LogP contribution >= 0.6 is 11.6 Å². The van der Waals surface area contributed by atoms with Crippen LogP contribution in [0.5, 0.6) is 0 Å². The molecule has 0 aliphatic heterocycles. The number of nitrogens with zero attached hydrogens (tertiary/aromatic N) is 4. The third-order valence-electron chi connectivity index (χ3n) is 3.78. The van der Waals surface area contributed by atoms with Crippen LogP contribution in [0.1, 0.15) is 16.8 Å². The molecule has 5 heteroatoms. The van der Waals surface area contributed by atoms with Crippen molar-refractivity contribution in [2.75, 3.05) is 7.05 Å². The van der Waals surface area contributed by atoms with Crippen LogP contribution in [0.2, 0.25) is 5.02 Å². The lowest BCUT2D eigenvalue weighted by Crippen LogP contribution is -2.18. The Hall–Kier alpha value is -1.91. The number of hydrogen-bond donors (Lipinski definition) is 0. The van der Waals surface area contributed by atoms with Gasteiger partial charge in [-0.3, -0.25) is 9.58 Å². The minimum atomic E-state index is 0.708. The molecular weight excluding hydrogens is 296 g/mol. The van der Waals surface area contributed by atoms with Crippen molar-refractivity contribution in [1.29, 1.82) is 0 Å². The third-order valence-corrected chi connectivity index (χ3v) is 4.28. The lowest BCUT2D eigenvalue weighted by atomic mass is 10.1. The standard InChI is InChI=1S/C17H19ClN4/c1-12-14-6-4-5-7-15(14)20-16(17(12)18)11-21(2)9-13-8-19-22(3)10-13/h4-8,10H,9,11H2,1-3H3. The molecule has 0 saturated carbocycles. The van der Waals surface area contributed by atoms with Gasteiger partial charge in [-0.05, 0) is 25.6 Å². The first kappa shape index (κ1) is 15.0. The highest BCUT2D eigenvalue weighted by molar-refractivity contribution is 6.32. The fourth-order valence-corrected chi connectivity index (χ4v) is 2.90. The van der Waals surface area contributed by atoms with Crippen molar-refractivity contribution < 1.29 is 0 Å². The zero-order chi connectivity index (χ0) is 15.7. The first-order valence-electron chi connectivity index (χ1n) is 7.24. The van der Waals surface area contributed by atoms with Crippen molar-refractivity contribution >= 4 is 22.5 Å². The van der Waals surface area contributed by atoms with Gasteiger partial charge in [0.1, 0.15) is 0 Å². The number of pyridine rings is 1. The molecule has 0 atom stereocenters. The molecule has 3 rings (SSSR count). The molecule has 22 heavy (non-hydrogen) atoms. The van der Waals surface area contributed by atoms with E-state index in [-0.39, 0.29) is 0 Å². The summed E-state index contributed by atoms with van der Waals surface area (Å²) in [6, 6.07) is 8.11. The van der Waals surface area contributed by atoms with E-state index >= 15 is 0 Å². The van der Waals surface area contributed by atoms with Crippen LogP contribution in [0.3, 0.4) is 0 Å². The molecule has 0 fully saturated rings. The van der Waals surface area contributed by atoms with E-state index in [1.165, 1.54) is 5.56 Å². The zero-order valence-electron chi connectivity index (χ0n) is 13.0. The van der Waals surface area contributed by atoms with Crippen LogP contribution < -0.4 is 0 Å². The van der Waals surface area contributed by atoms with Gasteiger partial charge in [0.15, 0.2) is 0 Å². The van der Waals surface area contributed by atoms with Gasteiger partial charge in [0.2, 0.25) is 0 Å². The molecule has 1 aromatic carbocycles. The molecule has 0 saturated heterocycles. The van der Waals surface area contributed by atoms with Gasteiger partial charge in [-0.15, -0.1) is 0 Å². The Morgan fingerprint density at radius 3 is 2.73 bits per heavy atom. The van der Waals surface area contributed by atoms with E-state index in [4.69, 9.17) is 16.6 Å². The van der Waals surface area contributed by atoms with Crippen molar-refractivity contribution in [3.05, 3.63) is 58.5 Å². The molecule has 0 amide bonds. The smallest absolute Gasteiger partial charge is 0.0740 e. The predicted octanol–water partition coefficient (Wildman–Crippen LogP) is 3.56. The molecule has 0 aliphatic carbocycles. The van der Waals surface area contributed by atoms with Crippen molar-refractivity contribution in [3.63, 3.8) is 0 Å². The van der Waals surface area contributed by atoms with Crippen LogP contribution in [0.25, 0.3) is 10.9 Å². The van der Waals surface area contributed by atoms with Crippen LogP contribution in [0.15, 0.2) is 36.7 Å². The second-order valence-corrected chi connectivity index (χ2v) is 6.09. The Labute approximate surface area is 135 Å². The summed E-state index contributed by atoms with van der Waals surface area (Å²) in [5, 5.41) is 6.08. The first-order valence-corrected chi connectivity index (χ1v) is 7.62. The van der Waals surface area contributed by atoms with E-state index in [9.17, 15) is 0 Å². The van der Waals surface area contributed by atoms with Gasteiger partial charge in [0.05, 0.1) is 22.4 Å². The maximum absolute atomic E-state index is 6.52. The molecule has 114 valence electrons. The van der Waals surface area contributed by atoms with Crippen LogP contribution in [0, 0.1) is 6.92 Å². The summed E-state index contributed by atoms with van der Waals surface area (Å²) in [6.07, 6.45) is 3.91. The molecule has 0 radical (unpaired) electrons. The normalized spacial score (nSPS) is 11.5. The maximum Gasteiger partial charge on any atom is 0.0740 e. The number of hydrogen-bond acceptors (Lipinski definition) is 3. The summed E-state index contributed by atoms with van der Waals surface area (Å²) >= 11 is 6.52. The fourth-order valence-electron chi connectivity index (χ4n) is 2.70. The van der Waals surface area contributed by atoms with Gasteiger partial charge in [0, 0.05) is 37.3 Å². The number of aryl methyl sites for hydroxylation is 2. The second kappa shape index (κ2) is 6.07. The highest BCUT2D eigenvalue weighted by Crippen LogP contribution is 2.27. The SMILES string of the molecule is Cc1c(Cl)c(CN(C)Cc2cnn(C)c2)nc2ccccc12. The topological polar surface area (TPSA) is 34.0 Å². The molecule has 2 aromatic heterocycles. The molecule has 4 nitrogen and oxygen atoms in total. The summed E-state index contributed by atoms with van der Waals surface area (Å²) in [5.74, 6) is 0. The highest BCUT2D eigenvalue weighted by Gasteiger charge is 2.12. The van der Waals surface area contributed by atoms with Crippen molar-refractivity contribution in [2.24, 2.45) is 7.05 Å². The number of aromatic nitrogens is 3. The first-order chi connectivity index (χ1) is 10.5. The lowest BCUT2D eigenvalue weighted by molar-refractivity contribution is 0.315. The van der Waals surface area contributed by atoms with Gasteiger partial charge < -0.3 is 0 Å². The summed E-state index contributed by atoms with van der Waals surface area (Å²) < 4.78 is 1.81. The van der Waals surface area contributed by atoms with E-state index in [0.29, 0.717) is 6.54 Å². The van der Waals surface area contributed by atoms with Crippen molar-refractivity contribution in [1.82, 2.24) is 19.7 Å². The largest absolute Gasteiger partial charge is 0.296 e. The summed E-state index contributed by atoms with van der Waals surface area (Å²) in [6.45, 7) is 3.58. The van der Waals surface area contributed by atoms with Crippen LogP contribution in [-0.4, -0.2) is 26.7 Å². The average molecular weight is 315 g/mol. The lowest BCUT2D eigenvalue weighted by Gasteiger charge is -2.17. The Balaban J connectivity index is 1.85. The third kappa shape index (κ3) is 2.98. The van der Waals surface area contributed by atoms with E-state index in [1.807, 2.05) is 42.3 Å². The molecule has 0 aliphatic rings. The Morgan fingerprint density at radius 1 is 1.23 bits per heavy atom. The van der Waals surface area contributed by atoms with Gasteiger partial charge in [-0.2, -0.15) is 5.10 Å². The summed E-state index contributed by atoms with van der Waals surface area (Å²) in [4.78, 5) is 6.92. The molecule has 3 aromatic rings. The van der Waals surface area contributed by atoms with Gasteiger partial charge in [-0.1, -0.05) is 29.8 Å². The van der Waals surface area contributed by atoms with Crippen LogP contribution in [-0.2, 0) is 20.1 Å². The van der Waals surface area contributed by atoms with E-state index in [1.54, 1.807) is 0 Å². The molecule has 0 N–H and O–H groups in total. The van der Waals surface area contributed by atoms with Crippen molar-refractivity contribution in [3.8, 4) is 0 Å². The molecule has 0 bridgehead atoms. The van der Waals surface area contributed by atoms with Crippen LogP contribution in [0.4, 0.5) is 0 Å². The van der Waals surface area contributed by atoms with E-state index in [0.717, 1.165) is 33.7 Å². The summed E-state index contributed by atoms with van der Waals surface area (Å²) in [7, 11) is 3.99. The minimum absolute atomic E-state index is 0.708. The number of rotatable bonds is 4. The number of para-hydroxylation sites is 1. The number of halogens is 1. The highest BCUT2D eigenvalue weighted by atomic mass is 35.5. The van der Waals surface area contributed by atoms with E-state index < -0.39 is 0 Å². The van der Waals surface area contributed by atoms with Gasteiger partial charge in [-0.25, -0.2) is 4.98 Å². The molecule has 2 heterocycles. The summed E-state index contributed by atoms with van der Waals surface area (Å²) in [5.41, 5.74) is 4.19. The number of fused-ring (bicyclic) bond motifs is 1. The van der Waals surface area contributed by atoms with Gasteiger partial charge >= 0.3 is 0 Å². The quantitative estimate of drug-likeness (QED) is 0.738. The average Bonchev–Trinajstić information content (AvgIpc) is 2.89. The fraction of sp³-hybridized carbons (Fsp3) is 0.294.